The van der Waals surface area contributed by atoms with Crippen molar-refractivity contribution in [3.05, 3.63) is 0 Å². The van der Waals surface area contributed by atoms with Crippen LogP contribution in [-0.4, -0.2) is 71.0 Å². The second-order valence-electron chi connectivity index (χ2n) is 4.27. The molecular weight excluding hydrogens is 312 g/mol. The smallest absolute Gasteiger partial charge is 0.240 e. The number of rotatable bonds is 11. The second kappa shape index (κ2) is 10.9. The molecule has 1 aromatic heterocycles. The Morgan fingerprint density at radius 3 is 3.00 bits per heavy atom. The number of aliphatic hydroxyl groups excluding tert-OH is 1. The van der Waals surface area contributed by atoms with Crippen molar-refractivity contribution in [2.75, 3.05) is 51.0 Å². The molecule has 0 unspecified atom stereocenters. The highest BCUT2D eigenvalue weighted by molar-refractivity contribution is 7.99. The van der Waals surface area contributed by atoms with Crippen molar-refractivity contribution in [1.82, 2.24) is 14.3 Å². The Morgan fingerprint density at radius 2 is 2.33 bits per heavy atom. The standard InChI is InChI=1S/C12H22N4O3S2/c1-3-8-20-12-14-11(21-15-12)13-10(18)9-16(4-6-17)5-7-19-2/h17H,3-9H2,1-2H3,(H,13,14,15,18). The number of anilines is 1. The molecule has 120 valence electrons. The van der Waals surface area contributed by atoms with E-state index in [0.717, 1.165) is 12.2 Å². The number of thioether (sulfide) groups is 1. The van der Waals surface area contributed by atoms with Gasteiger partial charge in [-0.2, -0.15) is 9.36 Å². The number of ether oxygens (including phenoxy) is 1. The predicted octanol–water partition coefficient (Wildman–Crippen LogP) is 0.919. The van der Waals surface area contributed by atoms with Gasteiger partial charge in [0.15, 0.2) is 0 Å². The molecule has 0 bridgehead atoms. The van der Waals surface area contributed by atoms with E-state index in [-0.39, 0.29) is 19.1 Å². The number of hydrogen-bond donors (Lipinski definition) is 2. The first-order chi connectivity index (χ1) is 10.2. The summed E-state index contributed by atoms with van der Waals surface area (Å²) in [5.74, 6) is 0.800. The Hall–Kier alpha value is -0.740. The van der Waals surface area contributed by atoms with Gasteiger partial charge in [-0.05, 0) is 6.42 Å². The van der Waals surface area contributed by atoms with E-state index < -0.39 is 0 Å². The first-order valence-corrected chi connectivity index (χ1v) is 8.54. The fourth-order valence-electron chi connectivity index (χ4n) is 1.51. The molecule has 0 aliphatic rings. The average molecular weight is 334 g/mol. The molecule has 0 aliphatic heterocycles. The lowest BCUT2D eigenvalue weighted by Crippen LogP contribution is -2.37. The van der Waals surface area contributed by atoms with Crippen LogP contribution in [0.3, 0.4) is 0 Å². The topological polar surface area (TPSA) is 87.6 Å². The number of nitrogens with zero attached hydrogens (tertiary/aromatic N) is 3. The Kier molecular flexibility index (Phi) is 9.51. The number of nitrogens with one attached hydrogen (secondary N) is 1. The maximum Gasteiger partial charge on any atom is 0.240 e. The van der Waals surface area contributed by atoms with Crippen molar-refractivity contribution < 1.29 is 14.6 Å². The van der Waals surface area contributed by atoms with Gasteiger partial charge in [0, 0.05) is 37.5 Å². The van der Waals surface area contributed by atoms with Gasteiger partial charge in [0.2, 0.25) is 16.2 Å². The van der Waals surface area contributed by atoms with E-state index in [4.69, 9.17) is 9.84 Å². The van der Waals surface area contributed by atoms with Crippen LogP contribution in [0, 0.1) is 0 Å². The Morgan fingerprint density at radius 1 is 1.52 bits per heavy atom. The molecule has 0 radical (unpaired) electrons. The molecule has 1 amide bonds. The number of aromatic nitrogens is 2. The first-order valence-electron chi connectivity index (χ1n) is 6.78. The van der Waals surface area contributed by atoms with Gasteiger partial charge in [0.05, 0.1) is 19.8 Å². The van der Waals surface area contributed by atoms with E-state index in [2.05, 4.69) is 21.6 Å². The van der Waals surface area contributed by atoms with Gasteiger partial charge in [0.1, 0.15) is 0 Å². The van der Waals surface area contributed by atoms with E-state index in [1.54, 1.807) is 18.9 Å². The maximum atomic E-state index is 11.9. The molecule has 0 atom stereocenters. The molecule has 0 fully saturated rings. The summed E-state index contributed by atoms with van der Waals surface area (Å²) < 4.78 is 9.16. The number of carbonyl (C=O) groups is 1. The number of carbonyl (C=O) groups excluding carboxylic acids is 1. The largest absolute Gasteiger partial charge is 0.395 e. The van der Waals surface area contributed by atoms with Crippen molar-refractivity contribution in [1.29, 1.82) is 0 Å². The van der Waals surface area contributed by atoms with E-state index in [9.17, 15) is 4.79 Å². The van der Waals surface area contributed by atoms with Crippen LogP contribution in [0.1, 0.15) is 13.3 Å². The normalized spacial score (nSPS) is 11.0. The van der Waals surface area contributed by atoms with E-state index in [0.29, 0.717) is 30.0 Å². The molecule has 2 N–H and O–H groups in total. The summed E-state index contributed by atoms with van der Waals surface area (Å²) in [4.78, 5) is 18.0. The van der Waals surface area contributed by atoms with Crippen molar-refractivity contribution in [3.63, 3.8) is 0 Å². The van der Waals surface area contributed by atoms with Crippen LogP contribution in [0.4, 0.5) is 5.13 Å². The molecule has 21 heavy (non-hydrogen) atoms. The van der Waals surface area contributed by atoms with Gasteiger partial charge < -0.3 is 9.84 Å². The van der Waals surface area contributed by atoms with Crippen LogP contribution in [0.5, 0.6) is 0 Å². The van der Waals surface area contributed by atoms with Gasteiger partial charge >= 0.3 is 0 Å². The molecule has 9 heteroatoms. The monoisotopic (exact) mass is 334 g/mol. The Labute approximate surface area is 133 Å². The number of methoxy groups -OCH3 is 1. The summed E-state index contributed by atoms with van der Waals surface area (Å²) in [6.07, 6.45) is 1.06. The van der Waals surface area contributed by atoms with E-state index in [1.807, 2.05) is 4.90 Å². The van der Waals surface area contributed by atoms with Crippen molar-refractivity contribution in [3.8, 4) is 0 Å². The molecule has 0 saturated carbocycles. The molecule has 0 saturated heterocycles. The zero-order chi connectivity index (χ0) is 15.5. The van der Waals surface area contributed by atoms with Crippen molar-refractivity contribution in [2.24, 2.45) is 0 Å². The highest BCUT2D eigenvalue weighted by Crippen LogP contribution is 2.20. The van der Waals surface area contributed by atoms with Gasteiger partial charge in [-0.3, -0.25) is 15.0 Å². The molecule has 0 spiro atoms. The van der Waals surface area contributed by atoms with Crippen LogP contribution in [0.15, 0.2) is 5.16 Å². The minimum Gasteiger partial charge on any atom is -0.395 e. The van der Waals surface area contributed by atoms with Gasteiger partial charge in [-0.1, -0.05) is 18.7 Å². The van der Waals surface area contributed by atoms with Gasteiger partial charge in [0.25, 0.3) is 0 Å². The minimum absolute atomic E-state index is 0.00755. The number of hydrogen-bond acceptors (Lipinski definition) is 8. The lowest BCUT2D eigenvalue weighted by atomic mass is 10.4. The quantitative estimate of drug-likeness (QED) is 0.582. The molecule has 0 aromatic carbocycles. The van der Waals surface area contributed by atoms with Crippen molar-refractivity contribution in [2.45, 2.75) is 18.5 Å². The zero-order valence-corrected chi connectivity index (χ0v) is 14.0. The van der Waals surface area contributed by atoms with Crippen LogP contribution >= 0.6 is 23.3 Å². The lowest BCUT2D eigenvalue weighted by Gasteiger charge is -2.19. The minimum atomic E-state index is -0.164. The molecule has 7 nitrogen and oxygen atoms in total. The average Bonchev–Trinajstić information content (AvgIpc) is 2.90. The Bertz CT molecular complexity index is 417. The van der Waals surface area contributed by atoms with Crippen LogP contribution in [-0.2, 0) is 9.53 Å². The first kappa shape index (κ1) is 18.3. The third kappa shape index (κ3) is 7.72. The highest BCUT2D eigenvalue weighted by Gasteiger charge is 2.12. The van der Waals surface area contributed by atoms with Gasteiger partial charge in [-0.25, -0.2) is 0 Å². The Balaban J connectivity index is 2.41. The predicted molar refractivity (Wildman–Crippen MR) is 85.0 cm³/mol. The van der Waals surface area contributed by atoms with Crippen LogP contribution in [0.2, 0.25) is 0 Å². The maximum absolute atomic E-state index is 11.9. The summed E-state index contributed by atoms with van der Waals surface area (Å²) in [6.45, 7) is 3.85. The van der Waals surface area contributed by atoms with Crippen LogP contribution < -0.4 is 5.32 Å². The molecule has 1 aromatic rings. The van der Waals surface area contributed by atoms with Gasteiger partial charge in [-0.15, -0.1) is 0 Å². The lowest BCUT2D eigenvalue weighted by molar-refractivity contribution is -0.117. The summed E-state index contributed by atoms with van der Waals surface area (Å²) in [7, 11) is 1.61. The summed E-state index contributed by atoms with van der Waals surface area (Å²) in [5.41, 5.74) is 0. The molecular formula is C12H22N4O3S2. The second-order valence-corrected chi connectivity index (χ2v) is 6.09. The van der Waals surface area contributed by atoms with E-state index in [1.165, 1.54) is 11.5 Å². The summed E-state index contributed by atoms with van der Waals surface area (Å²) in [5, 5.41) is 12.9. The SMILES string of the molecule is CCCSc1nsc(NC(=O)CN(CCO)CCOC)n1. The third-order valence-corrected chi connectivity index (χ3v) is 4.28. The number of aliphatic hydroxyl groups is 1. The summed E-state index contributed by atoms with van der Waals surface area (Å²) >= 11 is 2.76. The highest BCUT2D eigenvalue weighted by atomic mass is 32.2. The van der Waals surface area contributed by atoms with Crippen LogP contribution in [0.25, 0.3) is 0 Å². The fourth-order valence-corrected chi connectivity index (χ4v) is 2.92. The van der Waals surface area contributed by atoms with Crippen molar-refractivity contribution >= 4 is 34.3 Å². The third-order valence-electron chi connectivity index (χ3n) is 2.48. The molecule has 1 rings (SSSR count). The summed E-state index contributed by atoms with van der Waals surface area (Å²) in [6, 6.07) is 0. The molecule has 0 aliphatic carbocycles. The van der Waals surface area contributed by atoms with E-state index >= 15 is 0 Å². The zero-order valence-electron chi connectivity index (χ0n) is 12.4. The fraction of sp³-hybridized carbons (Fsp3) is 0.750. The number of amides is 1. The molecule has 1 heterocycles.